The van der Waals surface area contributed by atoms with Crippen LogP contribution in [-0.4, -0.2) is 41.0 Å². The molecule has 2 heterocycles. The molecule has 0 radical (unpaired) electrons. The van der Waals surface area contributed by atoms with Gasteiger partial charge >= 0.3 is 0 Å². The maximum Gasteiger partial charge on any atom is 0.287 e. The molecule has 1 aromatic heterocycles. The van der Waals surface area contributed by atoms with Crippen LogP contribution in [0.3, 0.4) is 0 Å². The van der Waals surface area contributed by atoms with Crippen molar-refractivity contribution in [2.24, 2.45) is 5.73 Å². The first kappa shape index (κ1) is 18.2. The summed E-state index contributed by atoms with van der Waals surface area (Å²) in [5.41, 5.74) is 7.27. The molecule has 0 saturated carbocycles. The van der Waals surface area contributed by atoms with Crippen molar-refractivity contribution < 1.29 is 19.1 Å². The van der Waals surface area contributed by atoms with Gasteiger partial charge in [-0.2, -0.15) is 0 Å². The van der Waals surface area contributed by atoms with Crippen LogP contribution in [0.25, 0.3) is 0 Å². The van der Waals surface area contributed by atoms with Crippen molar-refractivity contribution in [1.82, 2.24) is 10.2 Å². The van der Waals surface area contributed by atoms with E-state index in [-0.39, 0.29) is 17.6 Å². The summed E-state index contributed by atoms with van der Waals surface area (Å²) in [5.74, 6) is -1.08. The van der Waals surface area contributed by atoms with Gasteiger partial charge in [-0.15, -0.1) is 0 Å². The number of benzene rings is 1. The highest BCUT2D eigenvalue weighted by Crippen LogP contribution is 2.14. The van der Waals surface area contributed by atoms with E-state index >= 15 is 0 Å². The molecule has 26 heavy (non-hydrogen) atoms. The number of primary amides is 1. The number of nitrogens with one attached hydrogen (secondary N) is 1. The van der Waals surface area contributed by atoms with Gasteiger partial charge in [0.25, 0.3) is 11.8 Å². The number of carbonyl (C=O) groups excluding carboxylic acids is 2. The highest BCUT2D eigenvalue weighted by atomic mass is 16.4. The average Bonchev–Trinajstić information content (AvgIpc) is 3.13. The molecule has 138 valence electrons. The zero-order valence-corrected chi connectivity index (χ0v) is 14.5. The summed E-state index contributed by atoms with van der Waals surface area (Å²) < 4.78 is 5.10. The predicted octanol–water partition coefficient (Wildman–Crippen LogP) is 1.27. The molecule has 1 saturated heterocycles. The lowest BCUT2D eigenvalue weighted by atomic mass is 10.1. The van der Waals surface area contributed by atoms with Crippen LogP contribution in [0.1, 0.15) is 45.1 Å². The maximum absolute atomic E-state index is 12.0. The molecule has 2 amide bonds. The number of hydrogen-bond acceptors (Lipinski definition) is 5. The number of likely N-dealkylation sites (tertiary alicyclic amines) is 1. The van der Waals surface area contributed by atoms with Crippen molar-refractivity contribution in [1.29, 1.82) is 0 Å². The number of amides is 2. The average molecular weight is 357 g/mol. The van der Waals surface area contributed by atoms with Gasteiger partial charge in [0.1, 0.15) is 0 Å². The van der Waals surface area contributed by atoms with Gasteiger partial charge in [-0.05, 0) is 36.1 Å². The van der Waals surface area contributed by atoms with Crippen LogP contribution in [0, 0.1) is 0 Å². The summed E-state index contributed by atoms with van der Waals surface area (Å²) in [7, 11) is 0. The lowest BCUT2D eigenvalue weighted by molar-refractivity contribution is 0.0792. The molecule has 7 nitrogen and oxygen atoms in total. The second-order valence-electron chi connectivity index (χ2n) is 6.53. The summed E-state index contributed by atoms with van der Waals surface area (Å²) in [6.45, 7) is 3.05. The van der Waals surface area contributed by atoms with Crippen LogP contribution in [0.5, 0.6) is 0 Å². The Bertz CT molecular complexity index is 761. The molecule has 3 rings (SSSR count). The molecule has 2 aromatic rings. The van der Waals surface area contributed by atoms with Crippen LogP contribution in [0.4, 0.5) is 0 Å². The molecule has 0 aliphatic carbocycles. The lowest BCUT2D eigenvalue weighted by Crippen LogP contribution is -2.35. The first-order chi connectivity index (χ1) is 12.5. The predicted molar refractivity (Wildman–Crippen MR) is 95.4 cm³/mol. The fourth-order valence-corrected chi connectivity index (χ4v) is 2.96. The number of nitrogens with zero attached hydrogens (tertiary/aromatic N) is 1. The van der Waals surface area contributed by atoms with E-state index in [1.165, 1.54) is 17.7 Å². The number of aliphatic hydroxyl groups excluding tert-OH is 1. The molecule has 1 aliphatic rings. The largest absolute Gasteiger partial charge is 0.446 e. The lowest BCUT2D eigenvalue weighted by Gasteiger charge is -2.29. The fraction of sp³-hybridized carbons (Fsp3) is 0.368. The third-order valence-electron chi connectivity index (χ3n) is 4.51. The molecular formula is C19H23N3O4. The Hall–Kier alpha value is -2.64. The standard InChI is InChI=1S/C19H23N3O4/c20-18(24)16-5-6-17(26-16)19(25)21-11-13-1-3-14(4-2-13)12-22-9-7-15(23)8-10-22/h1-6,15,23H,7-12H2,(H2,20,24)(H,21,25). The highest BCUT2D eigenvalue weighted by molar-refractivity contribution is 5.94. The van der Waals surface area contributed by atoms with Crippen molar-refractivity contribution in [3.8, 4) is 0 Å². The molecule has 7 heteroatoms. The van der Waals surface area contributed by atoms with E-state index in [0.717, 1.165) is 38.0 Å². The normalized spacial score (nSPS) is 15.7. The van der Waals surface area contributed by atoms with Crippen LogP contribution in [-0.2, 0) is 13.1 Å². The Labute approximate surface area is 151 Å². The van der Waals surface area contributed by atoms with Gasteiger partial charge in [-0.1, -0.05) is 24.3 Å². The number of piperidine rings is 1. The van der Waals surface area contributed by atoms with Crippen LogP contribution in [0.2, 0.25) is 0 Å². The molecule has 0 bridgehead atoms. The molecular weight excluding hydrogens is 334 g/mol. The zero-order valence-electron chi connectivity index (χ0n) is 14.5. The summed E-state index contributed by atoms with van der Waals surface area (Å²) in [4.78, 5) is 25.3. The van der Waals surface area contributed by atoms with Crippen LogP contribution >= 0.6 is 0 Å². The van der Waals surface area contributed by atoms with Gasteiger partial charge in [0, 0.05) is 26.2 Å². The summed E-state index contributed by atoms with van der Waals surface area (Å²) in [6.07, 6.45) is 1.49. The number of hydrogen-bond donors (Lipinski definition) is 3. The van der Waals surface area contributed by atoms with Crippen molar-refractivity contribution in [2.75, 3.05) is 13.1 Å². The van der Waals surface area contributed by atoms with E-state index in [0.29, 0.717) is 6.54 Å². The number of furan rings is 1. The van der Waals surface area contributed by atoms with Gasteiger partial charge in [0.05, 0.1) is 6.10 Å². The first-order valence-corrected chi connectivity index (χ1v) is 8.67. The molecule has 0 atom stereocenters. The van der Waals surface area contributed by atoms with E-state index in [1.54, 1.807) is 0 Å². The van der Waals surface area contributed by atoms with Crippen LogP contribution < -0.4 is 11.1 Å². The Morgan fingerprint density at radius 3 is 2.31 bits per heavy atom. The van der Waals surface area contributed by atoms with E-state index < -0.39 is 11.8 Å². The smallest absolute Gasteiger partial charge is 0.287 e. The molecule has 1 fully saturated rings. The minimum atomic E-state index is -0.706. The quantitative estimate of drug-likeness (QED) is 0.721. The summed E-state index contributed by atoms with van der Waals surface area (Å²) in [5, 5.41) is 12.3. The monoisotopic (exact) mass is 357 g/mol. The van der Waals surface area contributed by atoms with E-state index in [9.17, 15) is 14.7 Å². The molecule has 0 spiro atoms. The highest BCUT2D eigenvalue weighted by Gasteiger charge is 2.17. The Morgan fingerprint density at radius 2 is 1.69 bits per heavy atom. The van der Waals surface area contributed by atoms with Gasteiger partial charge in [0.2, 0.25) is 0 Å². The number of aliphatic hydroxyl groups is 1. The van der Waals surface area contributed by atoms with Crippen molar-refractivity contribution in [3.63, 3.8) is 0 Å². The third-order valence-corrected chi connectivity index (χ3v) is 4.51. The Balaban J connectivity index is 1.49. The molecule has 1 aromatic carbocycles. The summed E-state index contributed by atoms with van der Waals surface area (Å²) in [6, 6.07) is 10.9. The van der Waals surface area contributed by atoms with Gasteiger partial charge < -0.3 is 20.6 Å². The molecule has 4 N–H and O–H groups in total. The number of carbonyl (C=O) groups is 2. The first-order valence-electron chi connectivity index (χ1n) is 8.67. The minimum absolute atomic E-state index is 0.0373. The van der Waals surface area contributed by atoms with E-state index in [2.05, 4.69) is 10.2 Å². The van der Waals surface area contributed by atoms with Crippen molar-refractivity contribution in [3.05, 3.63) is 59.0 Å². The third kappa shape index (κ3) is 4.71. The molecule has 1 aliphatic heterocycles. The van der Waals surface area contributed by atoms with E-state index in [4.69, 9.17) is 10.2 Å². The zero-order chi connectivity index (χ0) is 18.5. The second-order valence-corrected chi connectivity index (χ2v) is 6.53. The van der Waals surface area contributed by atoms with Gasteiger partial charge in [-0.3, -0.25) is 14.5 Å². The Kier molecular flexibility index (Phi) is 5.70. The topological polar surface area (TPSA) is 109 Å². The number of rotatable bonds is 6. The van der Waals surface area contributed by atoms with Crippen LogP contribution in [0.15, 0.2) is 40.8 Å². The number of nitrogens with two attached hydrogens (primary N) is 1. The van der Waals surface area contributed by atoms with Crippen molar-refractivity contribution in [2.45, 2.75) is 32.0 Å². The SMILES string of the molecule is NC(=O)c1ccc(C(=O)NCc2ccc(CN3CCC(O)CC3)cc2)o1. The van der Waals surface area contributed by atoms with Gasteiger partial charge in [-0.25, -0.2) is 0 Å². The van der Waals surface area contributed by atoms with Crippen molar-refractivity contribution >= 4 is 11.8 Å². The van der Waals surface area contributed by atoms with Gasteiger partial charge in [0.15, 0.2) is 11.5 Å². The summed E-state index contributed by atoms with van der Waals surface area (Å²) >= 11 is 0. The van der Waals surface area contributed by atoms with E-state index in [1.807, 2.05) is 24.3 Å². The maximum atomic E-state index is 12.0. The fourth-order valence-electron chi connectivity index (χ4n) is 2.96. The molecule has 0 unspecified atom stereocenters. The Morgan fingerprint density at radius 1 is 1.08 bits per heavy atom. The second kappa shape index (κ2) is 8.16. The minimum Gasteiger partial charge on any atom is -0.446 e.